The summed E-state index contributed by atoms with van der Waals surface area (Å²) in [5, 5.41) is 9.66. The lowest BCUT2D eigenvalue weighted by molar-refractivity contribution is 0.102. The summed E-state index contributed by atoms with van der Waals surface area (Å²) in [6.07, 6.45) is 3.17. The molecule has 2 unspecified atom stereocenters. The number of hydrogen-bond acceptors (Lipinski definition) is 3. The molecule has 1 aromatic rings. The minimum Gasteiger partial charge on any atom is -0.393 e. The summed E-state index contributed by atoms with van der Waals surface area (Å²) in [6, 6.07) is 7.08. The zero-order valence-corrected chi connectivity index (χ0v) is 14.5. The summed E-state index contributed by atoms with van der Waals surface area (Å²) >= 11 is 0. The molecule has 124 valence electrons. The Bertz CT molecular complexity index is 587. The molecule has 2 rings (SSSR count). The van der Waals surface area contributed by atoms with Gasteiger partial charge in [-0.1, -0.05) is 39.3 Å². The lowest BCUT2D eigenvalue weighted by Gasteiger charge is -2.25. The fourth-order valence-corrected chi connectivity index (χ4v) is 4.01. The lowest BCUT2D eigenvalue weighted by Crippen LogP contribution is -2.33. The minimum atomic E-state index is -3.47. The summed E-state index contributed by atoms with van der Waals surface area (Å²) in [5.41, 5.74) is 1.12. The molecule has 0 heterocycles. The highest BCUT2D eigenvalue weighted by molar-refractivity contribution is 7.89. The van der Waals surface area contributed by atoms with Crippen LogP contribution >= 0.6 is 0 Å². The van der Waals surface area contributed by atoms with E-state index in [4.69, 9.17) is 0 Å². The van der Waals surface area contributed by atoms with E-state index in [2.05, 4.69) is 25.5 Å². The second-order valence-corrected chi connectivity index (χ2v) is 9.08. The van der Waals surface area contributed by atoms with Gasteiger partial charge in [0, 0.05) is 6.54 Å². The molecule has 1 saturated carbocycles. The molecule has 0 bridgehead atoms. The molecule has 0 spiro atoms. The molecule has 0 amide bonds. The van der Waals surface area contributed by atoms with E-state index >= 15 is 0 Å². The van der Waals surface area contributed by atoms with E-state index in [1.54, 1.807) is 12.1 Å². The zero-order chi connectivity index (χ0) is 16.4. The summed E-state index contributed by atoms with van der Waals surface area (Å²) in [4.78, 5) is 0.303. The molecule has 2 atom stereocenters. The zero-order valence-electron chi connectivity index (χ0n) is 13.7. The average molecular weight is 325 g/mol. The Morgan fingerprint density at radius 3 is 2.36 bits per heavy atom. The predicted octanol–water partition coefficient (Wildman–Crippen LogP) is 2.81. The smallest absolute Gasteiger partial charge is 0.240 e. The molecule has 1 aliphatic rings. The van der Waals surface area contributed by atoms with Crippen LogP contribution in [0, 0.1) is 5.92 Å². The highest BCUT2D eigenvalue weighted by atomic mass is 32.2. The Hall–Kier alpha value is -0.910. The first-order valence-corrected chi connectivity index (χ1v) is 9.45. The number of benzene rings is 1. The van der Waals surface area contributed by atoms with Crippen LogP contribution in [0.4, 0.5) is 0 Å². The number of hydrogen-bond donors (Lipinski definition) is 2. The number of aliphatic hydroxyl groups excluding tert-OH is 1. The molecule has 1 fully saturated rings. The summed E-state index contributed by atoms with van der Waals surface area (Å²) < 4.78 is 27.4. The van der Waals surface area contributed by atoms with Crippen LogP contribution < -0.4 is 4.72 Å². The summed E-state index contributed by atoms with van der Waals surface area (Å²) in [7, 11) is -3.47. The van der Waals surface area contributed by atoms with E-state index < -0.39 is 10.0 Å². The first-order valence-electron chi connectivity index (χ1n) is 7.97. The molecule has 0 aliphatic heterocycles. The van der Waals surface area contributed by atoms with Crippen LogP contribution in [-0.4, -0.2) is 26.2 Å². The van der Waals surface area contributed by atoms with Crippen LogP contribution in [0.1, 0.15) is 52.0 Å². The molecular weight excluding hydrogens is 298 g/mol. The third-order valence-corrected chi connectivity index (χ3v) is 5.79. The van der Waals surface area contributed by atoms with Gasteiger partial charge in [0.05, 0.1) is 11.0 Å². The molecular formula is C17H27NO3S. The Morgan fingerprint density at radius 1 is 1.18 bits per heavy atom. The van der Waals surface area contributed by atoms with Crippen molar-refractivity contribution in [1.29, 1.82) is 0 Å². The van der Waals surface area contributed by atoms with Gasteiger partial charge in [-0.05, 0) is 48.3 Å². The van der Waals surface area contributed by atoms with Gasteiger partial charge >= 0.3 is 0 Å². The lowest BCUT2D eigenvalue weighted by atomic mass is 9.87. The molecule has 4 nitrogen and oxygen atoms in total. The molecule has 2 N–H and O–H groups in total. The van der Waals surface area contributed by atoms with Crippen LogP contribution in [0.2, 0.25) is 0 Å². The highest BCUT2D eigenvalue weighted by Crippen LogP contribution is 2.25. The van der Waals surface area contributed by atoms with Crippen LogP contribution in [0.3, 0.4) is 0 Å². The summed E-state index contributed by atoms with van der Waals surface area (Å²) in [5.74, 6) is 0.229. The number of rotatable bonds is 4. The monoisotopic (exact) mass is 325 g/mol. The predicted molar refractivity (Wildman–Crippen MR) is 88.3 cm³/mol. The second-order valence-electron chi connectivity index (χ2n) is 7.31. The Morgan fingerprint density at radius 2 is 1.82 bits per heavy atom. The Balaban J connectivity index is 2.01. The fraction of sp³-hybridized carbons (Fsp3) is 0.647. The Kier molecular flexibility index (Phi) is 5.30. The van der Waals surface area contributed by atoms with E-state index in [1.165, 1.54) is 0 Å². The molecule has 1 aromatic carbocycles. The van der Waals surface area contributed by atoms with E-state index in [1.807, 2.05) is 12.1 Å². The largest absolute Gasteiger partial charge is 0.393 e. The first kappa shape index (κ1) is 17.4. The van der Waals surface area contributed by atoms with Crippen molar-refractivity contribution in [1.82, 2.24) is 4.72 Å². The van der Waals surface area contributed by atoms with Crippen molar-refractivity contribution >= 4 is 10.0 Å². The SMILES string of the molecule is CC(C)(C)c1ccc(S(=O)(=O)NCC2CCCC(O)C2)cc1. The van der Waals surface area contributed by atoms with Crippen molar-refractivity contribution in [2.75, 3.05) is 6.54 Å². The third-order valence-electron chi connectivity index (χ3n) is 4.35. The van der Waals surface area contributed by atoms with Crippen molar-refractivity contribution < 1.29 is 13.5 Å². The topological polar surface area (TPSA) is 66.4 Å². The van der Waals surface area contributed by atoms with Gasteiger partial charge in [0.15, 0.2) is 0 Å². The van der Waals surface area contributed by atoms with Crippen LogP contribution in [0.25, 0.3) is 0 Å². The highest BCUT2D eigenvalue weighted by Gasteiger charge is 2.23. The van der Waals surface area contributed by atoms with Crippen LogP contribution in [0.5, 0.6) is 0 Å². The van der Waals surface area contributed by atoms with Gasteiger partial charge in [0.1, 0.15) is 0 Å². The standard InChI is InChI=1S/C17H27NO3S/c1-17(2,3)14-7-9-16(10-8-14)22(20,21)18-12-13-5-4-6-15(19)11-13/h7-10,13,15,18-19H,4-6,11-12H2,1-3H3. The van der Waals surface area contributed by atoms with Gasteiger partial charge < -0.3 is 5.11 Å². The normalized spacial score (nSPS) is 23.5. The fourth-order valence-electron chi connectivity index (χ4n) is 2.89. The number of aliphatic hydroxyl groups is 1. The maximum Gasteiger partial charge on any atom is 0.240 e. The van der Waals surface area contributed by atoms with Crippen molar-refractivity contribution in [3.8, 4) is 0 Å². The molecule has 5 heteroatoms. The average Bonchev–Trinajstić information content (AvgIpc) is 2.45. The van der Waals surface area contributed by atoms with E-state index in [-0.39, 0.29) is 17.4 Å². The maximum atomic E-state index is 12.3. The third kappa shape index (κ3) is 4.54. The van der Waals surface area contributed by atoms with Crippen molar-refractivity contribution in [2.45, 2.75) is 62.9 Å². The maximum absolute atomic E-state index is 12.3. The van der Waals surface area contributed by atoms with E-state index in [9.17, 15) is 13.5 Å². The van der Waals surface area contributed by atoms with Gasteiger partial charge in [0.2, 0.25) is 10.0 Å². The summed E-state index contributed by atoms with van der Waals surface area (Å²) in [6.45, 7) is 6.70. The number of sulfonamides is 1. The van der Waals surface area contributed by atoms with E-state index in [0.717, 1.165) is 24.8 Å². The van der Waals surface area contributed by atoms with Crippen molar-refractivity contribution in [3.63, 3.8) is 0 Å². The van der Waals surface area contributed by atoms with Crippen molar-refractivity contribution in [3.05, 3.63) is 29.8 Å². The Labute approximate surface area is 134 Å². The molecule has 1 aliphatic carbocycles. The van der Waals surface area contributed by atoms with Crippen LogP contribution in [-0.2, 0) is 15.4 Å². The van der Waals surface area contributed by atoms with Crippen LogP contribution in [0.15, 0.2) is 29.2 Å². The van der Waals surface area contributed by atoms with Gasteiger partial charge in [-0.25, -0.2) is 13.1 Å². The first-order chi connectivity index (χ1) is 10.2. The molecule has 0 aromatic heterocycles. The van der Waals surface area contributed by atoms with E-state index in [0.29, 0.717) is 17.9 Å². The second kappa shape index (κ2) is 6.69. The van der Waals surface area contributed by atoms with Crippen molar-refractivity contribution in [2.24, 2.45) is 5.92 Å². The molecule has 0 radical (unpaired) electrons. The van der Waals surface area contributed by atoms with Gasteiger partial charge in [-0.3, -0.25) is 0 Å². The minimum absolute atomic E-state index is 0.00789. The van der Waals surface area contributed by atoms with Gasteiger partial charge in [0.25, 0.3) is 0 Å². The van der Waals surface area contributed by atoms with Gasteiger partial charge in [-0.2, -0.15) is 0 Å². The van der Waals surface area contributed by atoms with Gasteiger partial charge in [-0.15, -0.1) is 0 Å². The number of nitrogens with one attached hydrogen (secondary N) is 1. The molecule has 0 saturated heterocycles. The molecule has 22 heavy (non-hydrogen) atoms. The quantitative estimate of drug-likeness (QED) is 0.894.